The normalized spacial score (nSPS) is 11.3. The lowest BCUT2D eigenvalue weighted by Crippen LogP contribution is -2.43. The maximum atomic E-state index is 13.0. The van der Waals surface area contributed by atoms with Crippen molar-refractivity contribution in [3.8, 4) is 11.5 Å². The molecule has 0 bridgehead atoms. The van der Waals surface area contributed by atoms with Gasteiger partial charge in [-0.05, 0) is 23.3 Å². The molecule has 0 aliphatic carbocycles. The van der Waals surface area contributed by atoms with Crippen LogP contribution in [0.4, 0.5) is 5.69 Å². The molecule has 3 rings (SSSR count). The fourth-order valence-corrected chi connectivity index (χ4v) is 3.10. The minimum Gasteiger partial charge on any atom is -0.504 e. The topological polar surface area (TPSA) is 134 Å². The van der Waals surface area contributed by atoms with Crippen LogP contribution >= 0.6 is 0 Å². The van der Waals surface area contributed by atoms with Crippen molar-refractivity contribution in [1.29, 1.82) is 0 Å². The van der Waals surface area contributed by atoms with Gasteiger partial charge in [0.25, 0.3) is 5.91 Å². The van der Waals surface area contributed by atoms with Crippen LogP contribution in [-0.4, -0.2) is 34.4 Å². The zero-order chi connectivity index (χ0) is 22.4. The second-order valence-corrected chi connectivity index (χ2v) is 6.45. The third-order valence-corrected chi connectivity index (χ3v) is 4.61. The number of amides is 1. The highest BCUT2D eigenvalue weighted by atomic mass is 16.6. The number of benzene rings is 3. The SMILES string of the molecule is COc1c(O)ccc(/C=N/NC(=O)C(O)(c2ccccc2)c2ccccc2)c1[N+](=O)[O-]. The van der Waals surface area contributed by atoms with Crippen LogP contribution in [0.2, 0.25) is 0 Å². The molecular formula is C22H19N3O6. The van der Waals surface area contributed by atoms with Gasteiger partial charge in [0, 0.05) is 0 Å². The Morgan fingerprint density at radius 2 is 1.61 bits per heavy atom. The zero-order valence-corrected chi connectivity index (χ0v) is 16.4. The smallest absolute Gasteiger partial charge is 0.323 e. The van der Waals surface area contributed by atoms with Crippen LogP contribution in [0, 0.1) is 10.1 Å². The maximum Gasteiger partial charge on any atom is 0.323 e. The largest absolute Gasteiger partial charge is 0.504 e. The molecule has 3 aromatic rings. The van der Waals surface area contributed by atoms with Crippen molar-refractivity contribution in [3.05, 3.63) is 99.6 Å². The number of hydrogen-bond acceptors (Lipinski definition) is 7. The molecule has 9 nitrogen and oxygen atoms in total. The second-order valence-electron chi connectivity index (χ2n) is 6.45. The summed E-state index contributed by atoms with van der Waals surface area (Å²) < 4.78 is 4.89. The summed E-state index contributed by atoms with van der Waals surface area (Å²) in [5.41, 5.74) is 0.325. The molecule has 9 heteroatoms. The van der Waals surface area contributed by atoms with Crippen LogP contribution in [0.1, 0.15) is 16.7 Å². The molecule has 31 heavy (non-hydrogen) atoms. The van der Waals surface area contributed by atoms with Crippen molar-refractivity contribution in [3.63, 3.8) is 0 Å². The molecule has 0 atom stereocenters. The van der Waals surface area contributed by atoms with Gasteiger partial charge in [0.2, 0.25) is 5.75 Å². The summed E-state index contributed by atoms with van der Waals surface area (Å²) >= 11 is 0. The van der Waals surface area contributed by atoms with Crippen LogP contribution in [0.3, 0.4) is 0 Å². The lowest BCUT2D eigenvalue weighted by Gasteiger charge is -2.27. The molecule has 0 fully saturated rings. The molecule has 0 heterocycles. The first kappa shape index (κ1) is 21.5. The quantitative estimate of drug-likeness (QED) is 0.305. The summed E-state index contributed by atoms with van der Waals surface area (Å²) in [7, 11) is 1.19. The van der Waals surface area contributed by atoms with Gasteiger partial charge in [-0.3, -0.25) is 14.9 Å². The molecule has 0 unspecified atom stereocenters. The van der Waals surface area contributed by atoms with Crippen molar-refractivity contribution in [2.75, 3.05) is 7.11 Å². The minimum atomic E-state index is -2.04. The first-order valence-corrected chi connectivity index (χ1v) is 9.10. The van der Waals surface area contributed by atoms with Gasteiger partial charge in [-0.25, -0.2) is 5.43 Å². The third-order valence-electron chi connectivity index (χ3n) is 4.61. The number of phenolic OH excluding ortho intramolecular Hbond substituents is 1. The van der Waals surface area contributed by atoms with E-state index in [9.17, 15) is 25.1 Å². The number of carbonyl (C=O) groups is 1. The third kappa shape index (κ3) is 4.21. The number of nitrogens with one attached hydrogen (secondary N) is 1. The molecule has 0 aromatic heterocycles. The molecule has 1 amide bonds. The van der Waals surface area contributed by atoms with Gasteiger partial charge in [0.1, 0.15) is 0 Å². The van der Waals surface area contributed by atoms with Crippen molar-refractivity contribution < 1.29 is 24.7 Å². The number of hydrogen-bond donors (Lipinski definition) is 3. The number of rotatable bonds is 7. The summed E-state index contributed by atoms with van der Waals surface area (Å²) in [5.74, 6) is -1.59. The van der Waals surface area contributed by atoms with E-state index >= 15 is 0 Å². The number of phenols is 1. The molecule has 0 aliphatic heterocycles. The summed E-state index contributed by atoms with van der Waals surface area (Å²) in [4.78, 5) is 23.7. The first-order chi connectivity index (χ1) is 14.9. The number of ether oxygens (including phenoxy) is 1. The Morgan fingerprint density at radius 3 is 2.10 bits per heavy atom. The molecule has 0 spiro atoms. The first-order valence-electron chi connectivity index (χ1n) is 9.10. The highest BCUT2D eigenvalue weighted by Crippen LogP contribution is 2.38. The Labute approximate surface area is 177 Å². The lowest BCUT2D eigenvalue weighted by atomic mass is 9.85. The van der Waals surface area contributed by atoms with Crippen LogP contribution in [0.25, 0.3) is 0 Å². The zero-order valence-electron chi connectivity index (χ0n) is 16.4. The number of aromatic hydroxyl groups is 1. The summed E-state index contributed by atoms with van der Waals surface area (Å²) in [5, 5.41) is 36.3. The highest BCUT2D eigenvalue weighted by Gasteiger charge is 2.39. The monoisotopic (exact) mass is 421 g/mol. The fourth-order valence-electron chi connectivity index (χ4n) is 3.10. The van der Waals surface area contributed by atoms with E-state index in [2.05, 4.69) is 10.5 Å². The lowest BCUT2D eigenvalue weighted by molar-refractivity contribution is -0.386. The van der Waals surface area contributed by atoms with Gasteiger partial charge in [0.05, 0.1) is 23.8 Å². The number of nitro groups is 1. The average molecular weight is 421 g/mol. The molecule has 3 N–H and O–H groups in total. The van der Waals surface area contributed by atoms with Crippen molar-refractivity contribution in [2.45, 2.75) is 5.60 Å². The Balaban J connectivity index is 1.95. The average Bonchev–Trinajstić information content (AvgIpc) is 2.80. The van der Waals surface area contributed by atoms with Gasteiger partial charge < -0.3 is 14.9 Å². The fraction of sp³-hybridized carbons (Fsp3) is 0.0909. The number of methoxy groups -OCH3 is 1. The number of nitrogens with zero attached hydrogens (tertiary/aromatic N) is 2. The number of carbonyl (C=O) groups excluding carboxylic acids is 1. The molecule has 158 valence electrons. The van der Waals surface area contributed by atoms with E-state index < -0.39 is 27.9 Å². The Kier molecular flexibility index (Phi) is 6.27. The van der Waals surface area contributed by atoms with Crippen molar-refractivity contribution in [2.24, 2.45) is 5.10 Å². The Bertz CT molecular complexity index is 1080. The summed E-state index contributed by atoms with van der Waals surface area (Å²) in [6, 6.07) is 19.1. The van der Waals surface area contributed by atoms with E-state index in [0.717, 1.165) is 6.21 Å². The van der Waals surface area contributed by atoms with E-state index in [4.69, 9.17) is 4.74 Å². The standard InChI is InChI=1S/C22H19N3O6/c1-31-20-18(26)13-12-15(19(20)25(29)30)14-23-24-21(27)22(28,16-8-4-2-5-9-16)17-10-6-3-7-11-17/h2-14,26,28H,1H3,(H,24,27)/b23-14+. The van der Waals surface area contributed by atoms with Gasteiger partial charge in [-0.1, -0.05) is 60.7 Å². The van der Waals surface area contributed by atoms with Crippen LogP contribution in [0.5, 0.6) is 11.5 Å². The molecule has 0 saturated carbocycles. The van der Waals surface area contributed by atoms with E-state index in [0.29, 0.717) is 11.1 Å². The van der Waals surface area contributed by atoms with Crippen LogP contribution in [-0.2, 0) is 10.4 Å². The van der Waals surface area contributed by atoms with Gasteiger partial charge in [-0.15, -0.1) is 0 Å². The minimum absolute atomic E-state index is 0.0112. The molecule has 3 aromatic carbocycles. The molecule has 0 radical (unpaired) electrons. The van der Waals surface area contributed by atoms with E-state index in [1.54, 1.807) is 60.7 Å². The predicted molar refractivity (Wildman–Crippen MR) is 113 cm³/mol. The van der Waals surface area contributed by atoms with Gasteiger partial charge >= 0.3 is 5.69 Å². The van der Waals surface area contributed by atoms with Crippen LogP contribution in [0.15, 0.2) is 77.9 Å². The van der Waals surface area contributed by atoms with E-state index in [1.807, 2.05) is 0 Å². The summed E-state index contributed by atoms with van der Waals surface area (Å²) in [6.45, 7) is 0. The maximum absolute atomic E-state index is 13.0. The second kappa shape index (κ2) is 9.06. The molecule has 0 aliphatic rings. The number of aliphatic hydroxyl groups is 1. The highest BCUT2D eigenvalue weighted by molar-refractivity contribution is 5.92. The Hall–Kier alpha value is -4.24. The molecule has 0 saturated heterocycles. The van der Waals surface area contributed by atoms with Crippen molar-refractivity contribution >= 4 is 17.8 Å². The van der Waals surface area contributed by atoms with Crippen LogP contribution < -0.4 is 10.2 Å². The Morgan fingerprint density at radius 1 is 1.06 bits per heavy atom. The van der Waals surface area contributed by atoms with Gasteiger partial charge in [0.15, 0.2) is 11.4 Å². The van der Waals surface area contributed by atoms with Crippen molar-refractivity contribution in [1.82, 2.24) is 5.43 Å². The molecular weight excluding hydrogens is 402 g/mol. The van der Waals surface area contributed by atoms with E-state index in [1.165, 1.54) is 19.2 Å². The number of hydrazone groups is 1. The summed E-state index contributed by atoms with van der Waals surface area (Å²) in [6.07, 6.45) is 1.04. The number of nitro benzene ring substituents is 1. The van der Waals surface area contributed by atoms with E-state index in [-0.39, 0.29) is 11.3 Å². The predicted octanol–water partition coefficient (Wildman–Crippen LogP) is 2.70. The van der Waals surface area contributed by atoms with Gasteiger partial charge in [-0.2, -0.15) is 5.10 Å².